The topological polar surface area (TPSA) is 35.0 Å². The first-order valence-corrected chi connectivity index (χ1v) is 12.4. The van der Waals surface area contributed by atoms with Crippen LogP contribution in [0.2, 0.25) is 0 Å². The SMILES string of the molecule is CCCCCCCCCc1ccc(COc2ccc(-c3ncc(CCC)cn3)cc2)cc1. The summed E-state index contributed by atoms with van der Waals surface area (Å²) in [4.78, 5) is 8.98. The summed E-state index contributed by atoms with van der Waals surface area (Å²) in [5.41, 5.74) is 4.82. The molecule has 0 unspecified atom stereocenters. The Bertz CT molecular complexity index is 886. The zero-order valence-electron chi connectivity index (χ0n) is 19.9. The molecule has 1 heterocycles. The number of rotatable bonds is 14. The van der Waals surface area contributed by atoms with Crippen molar-refractivity contribution in [1.82, 2.24) is 9.97 Å². The molecule has 0 aliphatic heterocycles. The molecule has 3 rings (SSSR count). The summed E-state index contributed by atoms with van der Waals surface area (Å²) in [6, 6.07) is 16.9. The van der Waals surface area contributed by atoms with Gasteiger partial charge in [0.25, 0.3) is 0 Å². The van der Waals surface area contributed by atoms with Gasteiger partial charge in [0.05, 0.1) is 0 Å². The van der Waals surface area contributed by atoms with Gasteiger partial charge >= 0.3 is 0 Å². The molecule has 3 nitrogen and oxygen atoms in total. The second-order valence-electron chi connectivity index (χ2n) is 8.67. The molecule has 170 valence electrons. The maximum absolute atomic E-state index is 5.98. The second-order valence-corrected chi connectivity index (χ2v) is 8.67. The predicted molar refractivity (Wildman–Crippen MR) is 134 cm³/mol. The number of unbranched alkanes of at least 4 members (excludes halogenated alkanes) is 6. The minimum atomic E-state index is 0.583. The highest BCUT2D eigenvalue weighted by atomic mass is 16.5. The van der Waals surface area contributed by atoms with Crippen molar-refractivity contribution in [3.63, 3.8) is 0 Å². The lowest BCUT2D eigenvalue weighted by Crippen LogP contribution is -1.96. The summed E-state index contributed by atoms with van der Waals surface area (Å²) in [5.74, 6) is 1.62. The maximum Gasteiger partial charge on any atom is 0.159 e. The zero-order valence-corrected chi connectivity index (χ0v) is 19.9. The van der Waals surface area contributed by atoms with Crippen molar-refractivity contribution in [2.45, 2.75) is 84.7 Å². The monoisotopic (exact) mass is 430 g/mol. The Hall–Kier alpha value is -2.68. The molecule has 3 aromatic rings. The number of aryl methyl sites for hydroxylation is 2. The van der Waals surface area contributed by atoms with E-state index in [0.29, 0.717) is 6.61 Å². The van der Waals surface area contributed by atoms with Crippen molar-refractivity contribution in [3.8, 4) is 17.1 Å². The van der Waals surface area contributed by atoms with E-state index in [1.165, 1.54) is 68.1 Å². The van der Waals surface area contributed by atoms with E-state index >= 15 is 0 Å². The number of aromatic nitrogens is 2. The average molecular weight is 431 g/mol. The summed E-state index contributed by atoms with van der Waals surface area (Å²) in [7, 11) is 0. The van der Waals surface area contributed by atoms with Gasteiger partial charge in [0, 0.05) is 18.0 Å². The van der Waals surface area contributed by atoms with Gasteiger partial charge in [-0.1, -0.05) is 83.1 Å². The molecule has 0 saturated carbocycles. The van der Waals surface area contributed by atoms with Crippen molar-refractivity contribution in [2.75, 3.05) is 0 Å². The maximum atomic E-state index is 5.98. The normalized spacial score (nSPS) is 10.9. The quantitative estimate of drug-likeness (QED) is 0.243. The fourth-order valence-electron chi connectivity index (χ4n) is 3.88. The van der Waals surface area contributed by atoms with E-state index in [1.54, 1.807) is 0 Å². The van der Waals surface area contributed by atoms with Crippen molar-refractivity contribution < 1.29 is 4.74 Å². The van der Waals surface area contributed by atoms with Crippen LogP contribution in [0.1, 0.15) is 81.9 Å². The summed E-state index contributed by atoms with van der Waals surface area (Å²) in [6.45, 7) is 5.02. The molecule has 1 aromatic heterocycles. The third-order valence-corrected chi connectivity index (χ3v) is 5.85. The lowest BCUT2D eigenvalue weighted by Gasteiger charge is -2.08. The number of nitrogens with zero attached hydrogens (tertiary/aromatic N) is 2. The van der Waals surface area contributed by atoms with Gasteiger partial charge < -0.3 is 4.74 Å². The first-order chi connectivity index (χ1) is 15.8. The second kappa shape index (κ2) is 13.7. The largest absolute Gasteiger partial charge is 0.489 e. The van der Waals surface area contributed by atoms with Gasteiger partial charge in [-0.05, 0) is 60.2 Å². The molecule has 3 heteroatoms. The minimum absolute atomic E-state index is 0.583. The van der Waals surface area contributed by atoms with Crippen LogP contribution in [0, 0.1) is 0 Å². The molecule has 0 amide bonds. The summed E-state index contributed by atoms with van der Waals surface area (Å²) >= 11 is 0. The third-order valence-electron chi connectivity index (χ3n) is 5.85. The fraction of sp³-hybridized carbons (Fsp3) is 0.448. The van der Waals surface area contributed by atoms with Gasteiger partial charge in [0.1, 0.15) is 12.4 Å². The van der Waals surface area contributed by atoms with Crippen LogP contribution in [0.25, 0.3) is 11.4 Å². The van der Waals surface area contributed by atoms with Gasteiger partial charge in [0.2, 0.25) is 0 Å². The van der Waals surface area contributed by atoms with Crippen LogP contribution >= 0.6 is 0 Å². The highest BCUT2D eigenvalue weighted by Crippen LogP contribution is 2.20. The van der Waals surface area contributed by atoms with Gasteiger partial charge in [0.15, 0.2) is 5.82 Å². The van der Waals surface area contributed by atoms with Gasteiger partial charge in [-0.2, -0.15) is 0 Å². The van der Waals surface area contributed by atoms with Crippen LogP contribution in [0.3, 0.4) is 0 Å². The van der Waals surface area contributed by atoms with E-state index in [4.69, 9.17) is 4.74 Å². The lowest BCUT2D eigenvalue weighted by atomic mass is 10.0. The molecule has 0 saturated heterocycles. The van der Waals surface area contributed by atoms with Crippen molar-refractivity contribution in [2.24, 2.45) is 0 Å². The number of hydrogen-bond donors (Lipinski definition) is 0. The average Bonchev–Trinajstić information content (AvgIpc) is 2.84. The number of ether oxygens (including phenoxy) is 1. The first-order valence-electron chi connectivity index (χ1n) is 12.4. The molecule has 32 heavy (non-hydrogen) atoms. The smallest absolute Gasteiger partial charge is 0.159 e. The van der Waals surface area contributed by atoms with E-state index in [-0.39, 0.29) is 0 Å². The van der Waals surface area contributed by atoms with Crippen molar-refractivity contribution in [3.05, 3.63) is 77.6 Å². The Balaban J connectivity index is 1.40. The lowest BCUT2D eigenvalue weighted by molar-refractivity contribution is 0.306. The van der Waals surface area contributed by atoms with Crippen LogP contribution < -0.4 is 4.74 Å². The molecule has 0 spiro atoms. The Morgan fingerprint density at radius 2 is 1.22 bits per heavy atom. The minimum Gasteiger partial charge on any atom is -0.489 e. The van der Waals surface area contributed by atoms with Crippen LogP contribution in [-0.2, 0) is 19.4 Å². The number of hydrogen-bond acceptors (Lipinski definition) is 3. The van der Waals surface area contributed by atoms with Gasteiger partial charge in [-0.15, -0.1) is 0 Å². The van der Waals surface area contributed by atoms with E-state index in [0.717, 1.165) is 30.0 Å². The Morgan fingerprint density at radius 1 is 0.594 bits per heavy atom. The molecule has 0 bridgehead atoms. The summed E-state index contributed by atoms with van der Waals surface area (Å²) < 4.78 is 5.98. The number of benzene rings is 2. The standard InChI is InChI=1S/C29H38N2O/c1-3-5-6-7-8-9-10-12-24-13-15-25(16-14-24)23-32-28-19-17-27(18-20-28)29-30-21-26(11-4-2)22-31-29/h13-22H,3-12,23H2,1-2H3. The van der Waals surface area contributed by atoms with Crippen molar-refractivity contribution in [1.29, 1.82) is 0 Å². The van der Waals surface area contributed by atoms with Crippen LogP contribution in [0.5, 0.6) is 5.75 Å². The summed E-state index contributed by atoms with van der Waals surface area (Å²) in [5, 5.41) is 0. The molecule has 0 radical (unpaired) electrons. The summed E-state index contributed by atoms with van der Waals surface area (Å²) in [6.07, 6.45) is 16.7. The molecule has 0 atom stereocenters. The molecule has 0 aliphatic carbocycles. The van der Waals surface area contributed by atoms with Gasteiger partial charge in [-0.25, -0.2) is 9.97 Å². The van der Waals surface area contributed by atoms with Crippen molar-refractivity contribution >= 4 is 0 Å². The van der Waals surface area contributed by atoms with Crippen LogP contribution in [0.4, 0.5) is 0 Å². The Morgan fingerprint density at radius 3 is 1.88 bits per heavy atom. The molecular weight excluding hydrogens is 392 g/mol. The van der Waals surface area contributed by atoms with E-state index in [9.17, 15) is 0 Å². The van der Waals surface area contributed by atoms with E-state index in [2.05, 4.69) is 48.1 Å². The van der Waals surface area contributed by atoms with Crippen LogP contribution in [-0.4, -0.2) is 9.97 Å². The predicted octanol–water partition coefficient (Wildman–Crippen LogP) is 7.97. The highest BCUT2D eigenvalue weighted by molar-refractivity contribution is 5.55. The molecule has 0 fully saturated rings. The highest BCUT2D eigenvalue weighted by Gasteiger charge is 2.03. The zero-order chi connectivity index (χ0) is 22.4. The Kier molecular flexibility index (Phi) is 10.2. The van der Waals surface area contributed by atoms with Gasteiger partial charge in [-0.3, -0.25) is 0 Å². The van der Waals surface area contributed by atoms with E-state index < -0.39 is 0 Å². The molecule has 0 aliphatic rings. The first kappa shape index (κ1) is 24.0. The molecule has 2 aromatic carbocycles. The molecular formula is C29H38N2O. The van der Waals surface area contributed by atoms with Crippen LogP contribution in [0.15, 0.2) is 60.9 Å². The fourth-order valence-corrected chi connectivity index (χ4v) is 3.88. The van der Waals surface area contributed by atoms with E-state index in [1.807, 2.05) is 36.7 Å². The molecule has 0 N–H and O–H groups in total. The third kappa shape index (κ3) is 8.11. The Labute approximate surface area is 194 Å².